The highest BCUT2D eigenvalue weighted by molar-refractivity contribution is 7.09. The van der Waals surface area contributed by atoms with Crippen LogP contribution in [-0.2, 0) is 10.9 Å². The van der Waals surface area contributed by atoms with Gasteiger partial charge in [0.25, 0.3) is 0 Å². The lowest BCUT2D eigenvalue weighted by Crippen LogP contribution is -2.41. The Hall–Kier alpha value is -1.35. The molecule has 1 aliphatic rings. The van der Waals surface area contributed by atoms with Gasteiger partial charge >= 0.3 is 12.2 Å². The van der Waals surface area contributed by atoms with Gasteiger partial charge in [0.2, 0.25) is 0 Å². The molecule has 5 nitrogen and oxygen atoms in total. The highest BCUT2D eigenvalue weighted by atomic mass is 32.1. The van der Waals surface area contributed by atoms with Gasteiger partial charge in [0.1, 0.15) is 5.01 Å². The molecule has 1 aliphatic heterocycles. The summed E-state index contributed by atoms with van der Waals surface area (Å²) in [5.41, 5.74) is -0.924. The van der Waals surface area contributed by atoms with Gasteiger partial charge in [-0.05, 0) is 19.3 Å². The topological polar surface area (TPSA) is 63.2 Å². The zero-order chi connectivity index (χ0) is 16.2. The second-order valence-corrected chi connectivity index (χ2v) is 5.91. The Morgan fingerprint density at radius 3 is 2.91 bits per heavy atom. The molecule has 0 spiro atoms. The van der Waals surface area contributed by atoms with Crippen molar-refractivity contribution < 1.29 is 22.7 Å². The fourth-order valence-corrected chi connectivity index (χ4v) is 3.10. The third-order valence-corrected chi connectivity index (χ3v) is 4.30. The van der Waals surface area contributed by atoms with E-state index in [1.165, 1.54) is 0 Å². The van der Waals surface area contributed by atoms with E-state index in [2.05, 4.69) is 15.6 Å². The van der Waals surface area contributed by atoms with Crippen molar-refractivity contribution in [2.75, 3.05) is 13.2 Å². The van der Waals surface area contributed by atoms with E-state index in [9.17, 15) is 18.0 Å². The van der Waals surface area contributed by atoms with Gasteiger partial charge in [0, 0.05) is 18.5 Å². The summed E-state index contributed by atoms with van der Waals surface area (Å²) in [5.74, 6) is 0. The monoisotopic (exact) mass is 337 g/mol. The minimum atomic E-state index is -4.46. The normalized spacial score (nSPS) is 19.9. The lowest BCUT2D eigenvalue weighted by molar-refractivity contribution is -0.140. The zero-order valence-corrected chi connectivity index (χ0v) is 12.9. The maximum absolute atomic E-state index is 12.6. The van der Waals surface area contributed by atoms with Crippen LogP contribution in [0.1, 0.15) is 42.9 Å². The Kier molecular flexibility index (Phi) is 5.63. The van der Waals surface area contributed by atoms with Crippen molar-refractivity contribution in [3.63, 3.8) is 0 Å². The summed E-state index contributed by atoms with van der Waals surface area (Å²) >= 11 is 0.896. The number of carbonyl (C=O) groups excluding carboxylic acids is 1. The molecule has 1 aromatic heterocycles. The molecule has 1 saturated heterocycles. The summed E-state index contributed by atoms with van der Waals surface area (Å²) < 4.78 is 43.0. The van der Waals surface area contributed by atoms with E-state index >= 15 is 0 Å². The first-order valence-corrected chi connectivity index (χ1v) is 7.96. The van der Waals surface area contributed by atoms with Crippen molar-refractivity contribution in [1.29, 1.82) is 0 Å². The average Bonchev–Trinajstić information content (AvgIpc) is 3.12. The molecule has 9 heteroatoms. The number of hydrogen-bond donors (Lipinski definition) is 2. The molecule has 2 unspecified atom stereocenters. The van der Waals surface area contributed by atoms with Crippen molar-refractivity contribution >= 4 is 17.4 Å². The molecule has 0 aromatic carbocycles. The maximum Gasteiger partial charge on any atom is 0.434 e. The number of rotatable bonds is 5. The SMILES string of the molecule is CCC(NC(=O)NCC1CCCO1)c1nc(C(F)(F)F)cs1. The Bertz CT molecular complexity index is 501. The van der Waals surface area contributed by atoms with Crippen LogP contribution >= 0.6 is 11.3 Å². The highest BCUT2D eigenvalue weighted by Gasteiger charge is 2.34. The Balaban J connectivity index is 1.88. The largest absolute Gasteiger partial charge is 0.434 e. The van der Waals surface area contributed by atoms with E-state index in [-0.39, 0.29) is 11.1 Å². The van der Waals surface area contributed by atoms with Gasteiger partial charge in [0.15, 0.2) is 5.69 Å². The maximum atomic E-state index is 12.6. The van der Waals surface area contributed by atoms with Crippen molar-refractivity contribution in [2.45, 2.75) is 44.5 Å². The van der Waals surface area contributed by atoms with Crippen LogP contribution in [0, 0.1) is 0 Å². The van der Waals surface area contributed by atoms with E-state index in [1.807, 2.05) is 0 Å². The van der Waals surface area contributed by atoms with Gasteiger partial charge in [-0.2, -0.15) is 13.2 Å². The van der Waals surface area contributed by atoms with Gasteiger partial charge < -0.3 is 15.4 Å². The molecule has 1 fully saturated rings. The number of amides is 2. The second-order valence-electron chi connectivity index (χ2n) is 5.02. The van der Waals surface area contributed by atoms with Crippen LogP contribution in [0.5, 0.6) is 0 Å². The predicted molar refractivity (Wildman–Crippen MR) is 75.7 cm³/mol. The lowest BCUT2D eigenvalue weighted by atomic mass is 10.2. The second kappa shape index (κ2) is 7.28. The highest BCUT2D eigenvalue weighted by Crippen LogP contribution is 2.32. The van der Waals surface area contributed by atoms with Gasteiger partial charge in [-0.15, -0.1) is 11.3 Å². The van der Waals surface area contributed by atoms with Crippen LogP contribution in [0.4, 0.5) is 18.0 Å². The first-order chi connectivity index (χ1) is 10.4. The Morgan fingerprint density at radius 1 is 1.59 bits per heavy atom. The number of nitrogens with one attached hydrogen (secondary N) is 2. The number of aromatic nitrogens is 1. The summed E-state index contributed by atoms with van der Waals surface area (Å²) in [6.45, 7) is 2.87. The quantitative estimate of drug-likeness (QED) is 0.868. The van der Waals surface area contributed by atoms with Crippen LogP contribution in [0.3, 0.4) is 0 Å². The number of nitrogens with zero attached hydrogens (tertiary/aromatic N) is 1. The summed E-state index contributed by atoms with van der Waals surface area (Å²) in [6.07, 6.45) is -2.11. The van der Waals surface area contributed by atoms with E-state index in [1.54, 1.807) is 6.92 Å². The van der Waals surface area contributed by atoms with E-state index in [0.29, 0.717) is 19.6 Å². The zero-order valence-electron chi connectivity index (χ0n) is 12.1. The number of halogens is 3. The molecule has 2 rings (SSSR count). The third-order valence-electron chi connectivity index (χ3n) is 3.34. The Labute approximate surface area is 130 Å². The van der Waals surface area contributed by atoms with E-state index in [0.717, 1.165) is 29.6 Å². The molecule has 1 aromatic rings. The molecular formula is C13H18F3N3O2S. The van der Waals surface area contributed by atoms with Crippen LogP contribution in [0.15, 0.2) is 5.38 Å². The number of thiazole rings is 1. The van der Waals surface area contributed by atoms with Crippen LogP contribution in [0.2, 0.25) is 0 Å². The summed E-state index contributed by atoms with van der Waals surface area (Å²) in [4.78, 5) is 15.4. The molecule has 22 heavy (non-hydrogen) atoms. The first-order valence-electron chi connectivity index (χ1n) is 7.08. The van der Waals surface area contributed by atoms with Gasteiger partial charge in [-0.3, -0.25) is 0 Å². The fraction of sp³-hybridized carbons (Fsp3) is 0.692. The lowest BCUT2D eigenvalue weighted by Gasteiger charge is -2.16. The molecule has 0 radical (unpaired) electrons. The minimum absolute atomic E-state index is 0.0162. The number of carbonyl (C=O) groups is 1. The number of ether oxygens (including phenoxy) is 1. The molecule has 0 saturated carbocycles. The summed E-state index contributed by atoms with van der Waals surface area (Å²) in [6, 6.07) is -0.961. The Morgan fingerprint density at radius 2 is 2.36 bits per heavy atom. The number of hydrogen-bond acceptors (Lipinski definition) is 4. The smallest absolute Gasteiger partial charge is 0.376 e. The molecule has 2 heterocycles. The number of urea groups is 1. The van der Waals surface area contributed by atoms with Crippen molar-refractivity contribution in [1.82, 2.24) is 15.6 Å². The summed E-state index contributed by atoms with van der Waals surface area (Å²) in [7, 11) is 0. The van der Waals surface area contributed by atoms with Crippen molar-refractivity contribution in [3.05, 3.63) is 16.1 Å². The van der Waals surface area contributed by atoms with E-state index in [4.69, 9.17) is 4.74 Å². The van der Waals surface area contributed by atoms with Gasteiger partial charge in [-0.25, -0.2) is 9.78 Å². The third kappa shape index (κ3) is 4.57. The molecule has 2 N–H and O–H groups in total. The van der Waals surface area contributed by atoms with Gasteiger partial charge in [0.05, 0.1) is 12.1 Å². The van der Waals surface area contributed by atoms with Crippen LogP contribution in [-0.4, -0.2) is 30.3 Å². The molecule has 0 aliphatic carbocycles. The standard InChI is InChI=1S/C13H18F3N3O2S/c1-2-9(11-19-10(7-22-11)13(14,15)16)18-12(20)17-6-8-4-3-5-21-8/h7-9H,2-6H2,1H3,(H2,17,18,20). The molecule has 2 amide bonds. The molecule has 0 bridgehead atoms. The summed E-state index contributed by atoms with van der Waals surface area (Å²) in [5, 5.41) is 6.54. The molecule has 2 atom stereocenters. The molecule has 124 valence electrons. The van der Waals surface area contributed by atoms with Crippen molar-refractivity contribution in [2.24, 2.45) is 0 Å². The van der Waals surface area contributed by atoms with E-state index < -0.39 is 23.9 Å². The van der Waals surface area contributed by atoms with Crippen LogP contribution in [0.25, 0.3) is 0 Å². The first kappa shape index (κ1) is 17.0. The predicted octanol–water partition coefficient (Wildman–Crippen LogP) is 3.09. The average molecular weight is 337 g/mol. The van der Waals surface area contributed by atoms with Crippen LogP contribution < -0.4 is 10.6 Å². The number of alkyl halides is 3. The van der Waals surface area contributed by atoms with Gasteiger partial charge in [-0.1, -0.05) is 6.92 Å². The fourth-order valence-electron chi connectivity index (χ4n) is 2.14. The minimum Gasteiger partial charge on any atom is -0.376 e. The van der Waals surface area contributed by atoms with Crippen molar-refractivity contribution in [3.8, 4) is 0 Å². The molecular weight excluding hydrogens is 319 g/mol.